The summed E-state index contributed by atoms with van der Waals surface area (Å²) < 4.78 is 12.6. The molecule has 82 valence electrons. The number of anilines is 2. The molecule has 0 saturated carbocycles. The van der Waals surface area contributed by atoms with Crippen molar-refractivity contribution >= 4 is 17.8 Å². The van der Waals surface area contributed by atoms with Gasteiger partial charge in [-0.3, -0.25) is 10.1 Å². The Morgan fingerprint density at radius 3 is 2.62 bits per heavy atom. The minimum atomic E-state index is -0.431. The Kier molecular flexibility index (Phi) is 2.50. The van der Waals surface area contributed by atoms with Crippen molar-refractivity contribution in [2.45, 2.75) is 0 Å². The SMILES string of the molecule is Nc1nc(NC(=O)c2ccc(F)cc2)n[nH]1. The fourth-order valence-electron chi connectivity index (χ4n) is 1.11. The minimum Gasteiger partial charge on any atom is -0.368 e. The van der Waals surface area contributed by atoms with Gasteiger partial charge in [0.15, 0.2) is 0 Å². The van der Waals surface area contributed by atoms with Gasteiger partial charge >= 0.3 is 0 Å². The number of nitrogens with zero attached hydrogens (tertiary/aromatic N) is 2. The van der Waals surface area contributed by atoms with E-state index in [1.807, 2.05) is 0 Å². The molecule has 2 aromatic rings. The van der Waals surface area contributed by atoms with Crippen LogP contribution >= 0.6 is 0 Å². The number of carbonyl (C=O) groups is 1. The topological polar surface area (TPSA) is 96.7 Å². The van der Waals surface area contributed by atoms with E-state index in [9.17, 15) is 9.18 Å². The zero-order chi connectivity index (χ0) is 11.5. The Labute approximate surface area is 89.7 Å². The lowest BCUT2D eigenvalue weighted by Gasteiger charge is -1.99. The van der Waals surface area contributed by atoms with Crippen molar-refractivity contribution < 1.29 is 9.18 Å². The van der Waals surface area contributed by atoms with E-state index in [1.165, 1.54) is 24.3 Å². The molecule has 4 N–H and O–H groups in total. The third kappa shape index (κ3) is 2.14. The lowest BCUT2D eigenvalue weighted by molar-refractivity contribution is 0.102. The molecule has 16 heavy (non-hydrogen) atoms. The van der Waals surface area contributed by atoms with Crippen LogP contribution in [0.1, 0.15) is 10.4 Å². The van der Waals surface area contributed by atoms with Crippen molar-refractivity contribution in [1.82, 2.24) is 15.2 Å². The number of nitrogens with one attached hydrogen (secondary N) is 2. The van der Waals surface area contributed by atoms with Gasteiger partial charge in [-0.1, -0.05) is 0 Å². The molecule has 0 spiro atoms. The predicted molar refractivity (Wildman–Crippen MR) is 55.1 cm³/mol. The van der Waals surface area contributed by atoms with Crippen molar-refractivity contribution in [3.8, 4) is 0 Å². The smallest absolute Gasteiger partial charge is 0.258 e. The minimum absolute atomic E-state index is 0.0758. The molecular formula is C9H8FN5O. The average Bonchev–Trinajstić information content (AvgIpc) is 2.65. The second-order valence-corrected chi connectivity index (χ2v) is 3.01. The molecular weight excluding hydrogens is 213 g/mol. The second kappa shape index (κ2) is 3.97. The normalized spacial score (nSPS) is 10.1. The second-order valence-electron chi connectivity index (χ2n) is 3.01. The lowest BCUT2D eigenvalue weighted by Crippen LogP contribution is -2.12. The van der Waals surface area contributed by atoms with Crippen molar-refractivity contribution in [3.63, 3.8) is 0 Å². The number of hydrogen-bond acceptors (Lipinski definition) is 4. The van der Waals surface area contributed by atoms with Crippen molar-refractivity contribution in [2.24, 2.45) is 0 Å². The highest BCUT2D eigenvalue weighted by Gasteiger charge is 2.08. The fraction of sp³-hybridized carbons (Fsp3) is 0. The van der Waals surface area contributed by atoms with Gasteiger partial charge in [-0.05, 0) is 24.3 Å². The summed E-state index contributed by atoms with van der Waals surface area (Å²) >= 11 is 0. The highest BCUT2D eigenvalue weighted by Crippen LogP contribution is 2.06. The maximum atomic E-state index is 12.6. The van der Waals surface area contributed by atoms with Gasteiger partial charge in [-0.15, -0.1) is 5.10 Å². The first-order chi connectivity index (χ1) is 7.65. The van der Waals surface area contributed by atoms with E-state index >= 15 is 0 Å². The van der Waals surface area contributed by atoms with Crippen LogP contribution in [0.25, 0.3) is 0 Å². The highest BCUT2D eigenvalue weighted by atomic mass is 19.1. The molecule has 1 aromatic heterocycles. The molecule has 0 aliphatic carbocycles. The summed E-state index contributed by atoms with van der Waals surface area (Å²) in [5, 5.41) is 8.41. The number of aromatic amines is 1. The number of benzene rings is 1. The Morgan fingerprint density at radius 1 is 1.38 bits per heavy atom. The van der Waals surface area contributed by atoms with Crippen LogP contribution in [0.4, 0.5) is 16.3 Å². The molecule has 0 atom stereocenters. The Morgan fingerprint density at radius 2 is 2.06 bits per heavy atom. The molecule has 0 radical (unpaired) electrons. The van der Waals surface area contributed by atoms with Gasteiger partial charge in [0.05, 0.1) is 0 Å². The first-order valence-corrected chi connectivity index (χ1v) is 4.40. The van der Waals surface area contributed by atoms with E-state index in [0.717, 1.165) is 0 Å². The third-order valence-electron chi connectivity index (χ3n) is 1.83. The summed E-state index contributed by atoms with van der Waals surface area (Å²) in [6.07, 6.45) is 0. The molecule has 0 aliphatic rings. The summed E-state index contributed by atoms with van der Waals surface area (Å²) in [6.45, 7) is 0. The Bertz CT molecular complexity index is 507. The number of aromatic nitrogens is 3. The van der Waals surface area contributed by atoms with E-state index in [1.54, 1.807) is 0 Å². The summed E-state index contributed by atoms with van der Waals surface area (Å²) in [7, 11) is 0. The molecule has 1 aromatic carbocycles. The molecule has 0 saturated heterocycles. The van der Waals surface area contributed by atoms with Crippen LogP contribution < -0.4 is 11.1 Å². The van der Waals surface area contributed by atoms with Crippen LogP contribution in [0, 0.1) is 5.82 Å². The number of nitrogen functional groups attached to an aromatic ring is 1. The van der Waals surface area contributed by atoms with Crippen LogP contribution in [0.2, 0.25) is 0 Å². The number of halogens is 1. The zero-order valence-electron chi connectivity index (χ0n) is 8.07. The molecule has 1 amide bonds. The van der Waals surface area contributed by atoms with Gasteiger partial charge in [0, 0.05) is 5.56 Å². The first-order valence-electron chi connectivity index (χ1n) is 4.40. The van der Waals surface area contributed by atoms with E-state index < -0.39 is 11.7 Å². The van der Waals surface area contributed by atoms with Crippen molar-refractivity contribution in [3.05, 3.63) is 35.6 Å². The molecule has 0 bridgehead atoms. The van der Waals surface area contributed by atoms with Gasteiger partial charge in [-0.2, -0.15) is 4.98 Å². The van der Waals surface area contributed by atoms with Crippen LogP contribution in [-0.2, 0) is 0 Å². The van der Waals surface area contributed by atoms with Crippen LogP contribution in [0.5, 0.6) is 0 Å². The van der Waals surface area contributed by atoms with Crippen LogP contribution in [0.3, 0.4) is 0 Å². The number of carbonyl (C=O) groups excluding carboxylic acids is 1. The standard InChI is InChI=1S/C9H8FN5O/c10-6-3-1-5(2-4-6)7(16)12-9-13-8(11)14-15-9/h1-4H,(H4,11,12,13,14,15,16). The predicted octanol–water partition coefficient (Wildman–Crippen LogP) is 0.778. The quantitative estimate of drug-likeness (QED) is 0.698. The fourth-order valence-corrected chi connectivity index (χ4v) is 1.11. The number of amides is 1. The summed E-state index contributed by atoms with van der Waals surface area (Å²) in [4.78, 5) is 15.3. The van der Waals surface area contributed by atoms with Crippen LogP contribution in [0.15, 0.2) is 24.3 Å². The van der Waals surface area contributed by atoms with Gasteiger partial charge < -0.3 is 5.73 Å². The van der Waals surface area contributed by atoms with Gasteiger partial charge in [0.25, 0.3) is 11.9 Å². The maximum absolute atomic E-state index is 12.6. The van der Waals surface area contributed by atoms with Gasteiger partial charge in [0.2, 0.25) is 5.95 Å². The first kappa shape index (κ1) is 10.1. The molecule has 0 unspecified atom stereocenters. The summed E-state index contributed by atoms with van der Waals surface area (Å²) in [5.74, 6) is -0.654. The Balaban J connectivity index is 2.11. The highest BCUT2D eigenvalue weighted by molar-refractivity contribution is 6.03. The summed E-state index contributed by atoms with van der Waals surface area (Å²) in [6, 6.07) is 5.11. The third-order valence-corrected chi connectivity index (χ3v) is 1.83. The number of nitrogens with two attached hydrogens (primary N) is 1. The largest absolute Gasteiger partial charge is 0.368 e. The van der Waals surface area contributed by atoms with Gasteiger partial charge in [-0.25, -0.2) is 9.49 Å². The van der Waals surface area contributed by atoms with E-state index in [0.29, 0.717) is 5.56 Å². The van der Waals surface area contributed by atoms with Crippen molar-refractivity contribution in [2.75, 3.05) is 11.1 Å². The number of H-pyrrole nitrogens is 1. The van der Waals surface area contributed by atoms with Gasteiger partial charge in [0.1, 0.15) is 5.82 Å². The number of rotatable bonds is 2. The monoisotopic (exact) mass is 221 g/mol. The zero-order valence-corrected chi connectivity index (χ0v) is 8.07. The molecule has 0 fully saturated rings. The molecule has 7 heteroatoms. The van der Waals surface area contributed by atoms with E-state index in [4.69, 9.17) is 5.73 Å². The molecule has 0 aliphatic heterocycles. The number of hydrogen-bond donors (Lipinski definition) is 3. The van der Waals surface area contributed by atoms with Crippen LogP contribution in [-0.4, -0.2) is 21.1 Å². The van der Waals surface area contributed by atoms with Crippen molar-refractivity contribution in [1.29, 1.82) is 0 Å². The average molecular weight is 221 g/mol. The molecule has 6 nitrogen and oxygen atoms in total. The lowest BCUT2D eigenvalue weighted by atomic mass is 10.2. The Hall–Kier alpha value is -2.44. The maximum Gasteiger partial charge on any atom is 0.258 e. The summed E-state index contributed by atoms with van der Waals surface area (Å²) in [5.41, 5.74) is 5.59. The van der Waals surface area contributed by atoms with E-state index in [-0.39, 0.29) is 11.9 Å². The molecule has 2 rings (SSSR count). The van der Waals surface area contributed by atoms with E-state index in [2.05, 4.69) is 20.5 Å². The molecule has 1 heterocycles.